The van der Waals surface area contributed by atoms with Crippen molar-refractivity contribution in [2.75, 3.05) is 7.05 Å². The lowest BCUT2D eigenvalue weighted by molar-refractivity contribution is -0.385. The van der Waals surface area contributed by atoms with Crippen molar-refractivity contribution in [3.05, 3.63) is 59.1 Å². The van der Waals surface area contributed by atoms with Crippen molar-refractivity contribution in [3.63, 3.8) is 0 Å². The Hall–Kier alpha value is -0.760. The molecule has 2 rings (SSSR count). The molecule has 0 amide bonds. The van der Waals surface area contributed by atoms with Gasteiger partial charge < -0.3 is 0 Å². The lowest BCUT2D eigenvalue weighted by Gasteiger charge is -2.15. The highest BCUT2D eigenvalue weighted by molar-refractivity contribution is 9.10. The molecule has 0 radical (unpaired) electrons. The van der Waals surface area contributed by atoms with E-state index in [1.807, 2.05) is 18.5 Å². The average molecular weight is 420 g/mol. The average Bonchev–Trinajstić information content (AvgIpc) is 2.76. The van der Waals surface area contributed by atoms with E-state index in [2.05, 4.69) is 42.8 Å². The molecule has 0 aliphatic heterocycles. The summed E-state index contributed by atoms with van der Waals surface area (Å²) in [5.41, 5.74) is 1.03. The van der Waals surface area contributed by atoms with Gasteiger partial charge in [0.2, 0.25) is 0 Å². The van der Waals surface area contributed by atoms with Crippen LogP contribution in [-0.2, 0) is 13.1 Å². The molecule has 106 valence electrons. The molecule has 1 aromatic carbocycles. The highest BCUT2D eigenvalue weighted by Gasteiger charge is 2.13. The molecule has 1 heterocycles. The highest BCUT2D eigenvalue weighted by Crippen LogP contribution is 2.26. The van der Waals surface area contributed by atoms with E-state index in [1.165, 1.54) is 4.88 Å². The summed E-state index contributed by atoms with van der Waals surface area (Å²) in [4.78, 5) is 13.9. The molecular weight excluding hydrogens is 408 g/mol. The summed E-state index contributed by atoms with van der Waals surface area (Å²) >= 11 is 8.32. The fourth-order valence-electron chi connectivity index (χ4n) is 1.87. The standard InChI is InChI=1S/C13H12Br2N2O2S/c1-16(7-11-5-10(14)8-20-11)6-9-2-3-12(15)13(4-9)17(18)19/h2-5,8H,6-7H2,1H3. The molecule has 0 N–H and O–H groups in total. The van der Waals surface area contributed by atoms with Gasteiger partial charge in [-0.3, -0.25) is 15.0 Å². The van der Waals surface area contributed by atoms with Gasteiger partial charge >= 0.3 is 0 Å². The molecule has 0 saturated heterocycles. The number of benzene rings is 1. The number of halogens is 2. The molecule has 1 aromatic heterocycles. The third-order valence-corrected chi connectivity index (χ3v) is 5.06. The zero-order chi connectivity index (χ0) is 14.7. The lowest BCUT2D eigenvalue weighted by atomic mass is 10.2. The molecule has 0 unspecified atom stereocenters. The van der Waals surface area contributed by atoms with E-state index in [0.717, 1.165) is 16.6 Å². The highest BCUT2D eigenvalue weighted by atomic mass is 79.9. The van der Waals surface area contributed by atoms with Crippen molar-refractivity contribution in [2.24, 2.45) is 0 Å². The fraction of sp³-hybridized carbons (Fsp3) is 0.231. The Bertz CT molecular complexity index is 631. The van der Waals surface area contributed by atoms with Crippen LogP contribution in [0.15, 0.2) is 38.6 Å². The van der Waals surface area contributed by atoms with E-state index in [0.29, 0.717) is 11.0 Å². The van der Waals surface area contributed by atoms with Gasteiger partial charge in [0.15, 0.2) is 0 Å². The maximum absolute atomic E-state index is 10.9. The number of nitrogens with zero attached hydrogens (tertiary/aromatic N) is 2. The zero-order valence-corrected chi connectivity index (χ0v) is 14.7. The first-order chi connectivity index (χ1) is 9.45. The van der Waals surface area contributed by atoms with E-state index in [4.69, 9.17) is 0 Å². The van der Waals surface area contributed by atoms with E-state index >= 15 is 0 Å². The minimum absolute atomic E-state index is 0.106. The monoisotopic (exact) mass is 418 g/mol. The molecule has 7 heteroatoms. The van der Waals surface area contributed by atoms with Crippen LogP contribution in [0, 0.1) is 10.1 Å². The van der Waals surface area contributed by atoms with E-state index in [9.17, 15) is 10.1 Å². The fourth-order valence-corrected chi connectivity index (χ4v) is 3.79. The molecule has 20 heavy (non-hydrogen) atoms. The second-order valence-electron chi connectivity index (χ2n) is 4.45. The van der Waals surface area contributed by atoms with Gasteiger partial charge in [0.05, 0.1) is 9.40 Å². The van der Waals surface area contributed by atoms with Crippen molar-refractivity contribution in [3.8, 4) is 0 Å². The third kappa shape index (κ3) is 4.12. The van der Waals surface area contributed by atoms with Gasteiger partial charge in [-0.05, 0) is 56.6 Å². The zero-order valence-electron chi connectivity index (χ0n) is 10.7. The summed E-state index contributed by atoms with van der Waals surface area (Å²) in [6.07, 6.45) is 0. The smallest absolute Gasteiger partial charge is 0.283 e. The van der Waals surface area contributed by atoms with Crippen molar-refractivity contribution in [2.45, 2.75) is 13.1 Å². The summed E-state index contributed by atoms with van der Waals surface area (Å²) in [6.45, 7) is 1.49. The number of thiophene rings is 1. The van der Waals surface area contributed by atoms with Crippen LogP contribution in [-0.4, -0.2) is 16.9 Å². The normalized spacial score (nSPS) is 11.0. The largest absolute Gasteiger partial charge is 0.297 e. The predicted octanol–water partition coefficient (Wildman–Crippen LogP) is 4.81. The van der Waals surface area contributed by atoms with Gasteiger partial charge in [0, 0.05) is 33.9 Å². The van der Waals surface area contributed by atoms with E-state index in [1.54, 1.807) is 23.5 Å². The predicted molar refractivity (Wildman–Crippen MR) is 88.0 cm³/mol. The molecule has 0 spiro atoms. The molecule has 4 nitrogen and oxygen atoms in total. The van der Waals surface area contributed by atoms with Crippen molar-refractivity contribution >= 4 is 48.9 Å². The Morgan fingerprint density at radius 1 is 1.30 bits per heavy atom. The van der Waals surface area contributed by atoms with Gasteiger partial charge in [-0.1, -0.05) is 6.07 Å². The van der Waals surface area contributed by atoms with Crippen LogP contribution in [0.4, 0.5) is 5.69 Å². The van der Waals surface area contributed by atoms with Crippen LogP contribution >= 0.6 is 43.2 Å². The van der Waals surface area contributed by atoms with E-state index < -0.39 is 0 Å². The Labute approximate surface area is 137 Å². The SMILES string of the molecule is CN(Cc1ccc(Br)c([N+](=O)[O-])c1)Cc1cc(Br)cs1. The molecule has 0 aliphatic carbocycles. The van der Waals surface area contributed by atoms with Crippen LogP contribution in [0.2, 0.25) is 0 Å². The number of hydrogen-bond acceptors (Lipinski definition) is 4. The molecule has 2 aromatic rings. The van der Waals surface area contributed by atoms with Crippen LogP contribution in [0.25, 0.3) is 0 Å². The summed E-state index contributed by atoms with van der Waals surface area (Å²) in [5, 5.41) is 13.0. The van der Waals surface area contributed by atoms with Crippen LogP contribution in [0.1, 0.15) is 10.4 Å². The number of rotatable bonds is 5. The Kier molecular flexibility index (Phi) is 5.31. The minimum Gasteiger partial charge on any atom is -0.297 e. The molecule has 0 atom stereocenters. The second kappa shape index (κ2) is 6.80. The van der Waals surface area contributed by atoms with E-state index in [-0.39, 0.29) is 10.6 Å². The first-order valence-electron chi connectivity index (χ1n) is 5.80. The lowest BCUT2D eigenvalue weighted by Crippen LogP contribution is -2.16. The number of nitro benzene ring substituents is 1. The third-order valence-electron chi connectivity index (χ3n) is 2.71. The Balaban J connectivity index is 2.06. The Morgan fingerprint density at radius 3 is 2.65 bits per heavy atom. The van der Waals surface area contributed by atoms with Gasteiger partial charge in [-0.15, -0.1) is 11.3 Å². The maximum Gasteiger partial charge on any atom is 0.283 e. The molecular formula is C13H12Br2N2O2S. The number of hydrogen-bond donors (Lipinski definition) is 0. The van der Waals surface area contributed by atoms with Crippen molar-refractivity contribution in [1.82, 2.24) is 4.90 Å². The topological polar surface area (TPSA) is 46.4 Å². The van der Waals surface area contributed by atoms with Gasteiger partial charge in [-0.2, -0.15) is 0 Å². The maximum atomic E-state index is 10.9. The van der Waals surface area contributed by atoms with Gasteiger partial charge in [0.25, 0.3) is 5.69 Å². The summed E-state index contributed by atoms with van der Waals surface area (Å²) < 4.78 is 1.60. The molecule has 0 aliphatic rings. The van der Waals surface area contributed by atoms with Gasteiger partial charge in [-0.25, -0.2) is 0 Å². The molecule has 0 saturated carbocycles. The molecule has 0 fully saturated rings. The summed E-state index contributed by atoms with van der Waals surface area (Å²) in [5.74, 6) is 0. The first-order valence-corrected chi connectivity index (χ1v) is 8.26. The summed E-state index contributed by atoms with van der Waals surface area (Å²) in [6, 6.07) is 7.33. The van der Waals surface area contributed by atoms with Crippen LogP contribution in [0.5, 0.6) is 0 Å². The second-order valence-corrected chi connectivity index (χ2v) is 7.21. The van der Waals surface area contributed by atoms with Gasteiger partial charge in [0.1, 0.15) is 0 Å². The quantitative estimate of drug-likeness (QED) is 0.515. The van der Waals surface area contributed by atoms with Crippen molar-refractivity contribution in [1.29, 1.82) is 0 Å². The molecule has 0 bridgehead atoms. The minimum atomic E-state index is -0.371. The van der Waals surface area contributed by atoms with Crippen LogP contribution < -0.4 is 0 Å². The number of nitro groups is 1. The van der Waals surface area contributed by atoms with Crippen molar-refractivity contribution < 1.29 is 4.92 Å². The van der Waals surface area contributed by atoms with Crippen LogP contribution in [0.3, 0.4) is 0 Å². The Morgan fingerprint density at radius 2 is 2.05 bits per heavy atom. The summed E-state index contributed by atoms with van der Waals surface area (Å²) in [7, 11) is 2.00. The first kappa shape index (κ1) is 15.6.